The maximum atomic E-state index is 2.50. The Kier molecular flexibility index (Phi) is 16.1. The van der Waals surface area contributed by atoms with Gasteiger partial charge in [-0.3, -0.25) is 0 Å². The van der Waals surface area contributed by atoms with E-state index in [0.29, 0.717) is 0 Å². The van der Waals surface area contributed by atoms with Crippen molar-refractivity contribution in [3.05, 3.63) is 11.8 Å². The SMILES string of the molecule is C.C.CCC1C[C-](C)CC1CC.C[C-]1CCC([Si](C)(C)C)C1.[Fe+4]. The molecule has 2 saturated carbocycles. The van der Waals surface area contributed by atoms with Crippen LogP contribution in [0.5, 0.6) is 0 Å². The molecule has 2 heteroatoms. The van der Waals surface area contributed by atoms with Gasteiger partial charge in [-0.05, 0) is 0 Å². The molecule has 2 fully saturated rings. The van der Waals surface area contributed by atoms with Crippen LogP contribution in [0.25, 0.3) is 0 Å². The Balaban J connectivity index is -0.000000308. The van der Waals surface area contributed by atoms with Gasteiger partial charge >= 0.3 is 17.1 Å². The van der Waals surface area contributed by atoms with Gasteiger partial charge < -0.3 is 11.8 Å². The summed E-state index contributed by atoms with van der Waals surface area (Å²) < 4.78 is 0. The fourth-order valence-electron chi connectivity index (χ4n) is 4.05. The van der Waals surface area contributed by atoms with E-state index in [4.69, 9.17) is 0 Å². The third kappa shape index (κ3) is 9.71. The van der Waals surface area contributed by atoms with Gasteiger partial charge in [-0.2, -0.15) is 39.5 Å². The van der Waals surface area contributed by atoms with Crippen LogP contribution in [-0.4, -0.2) is 8.07 Å². The zero-order chi connectivity index (χ0) is 15.3. The van der Waals surface area contributed by atoms with Gasteiger partial charge in [-0.25, -0.2) is 0 Å². The van der Waals surface area contributed by atoms with E-state index in [-0.39, 0.29) is 31.9 Å². The van der Waals surface area contributed by atoms with Crippen LogP contribution >= 0.6 is 0 Å². The van der Waals surface area contributed by atoms with Gasteiger partial charge in [0, 0.05) is 8.07 Å². The molecule has 0 heterocycles. The van der Waals surface area contributed by atoms with E-state index in [0.717, 1.165) is 17.4 Å². The van der Waals surface area contributed by atoms with E-state index in [1.807, 2.05) is 0 Å². The Morgan fingerprint density at radius 1 is 0.826 bits per heavy atom. The Morgan fingerprint density at radius 3 is 1.48 bits per heavy atom. The molecule has 3 atom stereocenters. The Bertz CT molecular complexity index is 260. The first-order chi connectivity index (χ1) is 9.27. The van der Waals surface area contributed by atoms with E-state index < -0.39 is 8.07 Å². The van der Waals surface area contributed by atoms with Crippen LogP contribution in [0.3, 0.4) is 0 Å². The van der Waals surface area contributed by atoms with Crippen LogP contribution in [0, 0.1) is 23.7 Å². The summed E-state index contributed by atoms with van der Waals surface area (Å²) >= 11 is 0. The van der Waals surface area contributed by atoms with E-state index in [2.05, 4.69) is 47.3 Å². The minimum Gasteiger partial charge on any atom is -0.317 e. The van der Waals surface area contributed by atoms with Crippen molar-refractivity contribution in [2.75, 3.05) is 0 Å². The summed E-state index contributed by atoms with van der Waals surface area (Å²) in [5, 5.41) is 0. The maximum Gasteiger partial charge on any atom is 4.00 e. The molecule has 0 radical (unpaired) electrons. The van der Waals surface area contributed by atoms with Crippen LogP contribution in [0.15, 0.2) is 0 Å². The van der Waals surface area contributed by atoms with Crippen molar-refractivity contribution in [2.24, 2.45) is 11.8 Å². The summed E-state index contributed by atoms with van der Waals surface area (Å²) in [6, 6.07) is 0. The summed E-state index contributed by atoms with van der Waals surface area (Å²) in [6.07, 6.45) is 9.93. The second-order valence-electron chi connectivity index (χ2n) is 8.46. The van der Waals surface area contributed by atoms with Gasteiger partial charge in [0.2, 0.25) is 0 Å². The summed E-state index contributed by atoms with van der Waals surface area (Å²) in [5.41, 5.74) is 1.09. The molecule has 0 aromatic rings. The summed E-state index contributed by atoms with van der Waals surface area (Å²) in [7, 11) is -0.787. The predicted octanol–water partition coefficient (Wildman–Crippen LogP) is 8.17. The van der Waals surface area contributed by atoms with E-state index in [9.17, 15) is 0 Å². The van der Waals surface area contributed by atoms with Gasteiger partial charge in [-0.15, -0.1) is 0 Å². The molecule has 2 aliphatic rings. The molecule has 0 nitrogen and oxygen atoms in total. The van der Waals surface area contributed by atoms with E-state index >= 15 is 0 Å². The molecule has 0 spiro atoms. The van der Waals surface area contributed by atoms with Crippen molar-refractivity contribution in [2.45, 2.75) is 113 Å². The van der Waals surface area contributed by atoms with E-state index in [1.54, 1.807) is 11.8 Å². The maximum absolute atomic E-state index is 2.50. The first-order valence-corrected chi connectivity index (χ1v) is 12.5. The quantitative estimate of drug-likeness (QED) is 0.341. The largest absolute Gasteiger partial charge is 4.00 e. The van der Waals surface area contributed by atoms with Crippen LogP contribution in [0.4, 0.5) is 0 Å². The number of rotatable bonds is 3. The Hall–Kier alpha value is 0.736. The van der Waals surface area contributed by atoms with Crippen LogP contribution in [-0.2, 0) is 17.1 Å². The van der Waals surface area contributed by atoms with Crippen molar-refractivity contribution < 1.29 is 17.1 Å². The fourth-order valence-corrected chi connectivity index (χ4v) is 6.02. The molecule has 0 bridgehead atoms. The molecule has 0 saturated heterocycles. The molecule has 3 unspecified atom stereocenters. The number of hydrogen-bond donors (Lipinski definition) is 0. The molecule has 140 valence electrons. The van der Waals surface area contributed by atoms with Crippen molar-refractivity contribution in [3.63, 3.8) is 0 Å². The summed E-state index contributed by atoms with van der Waals surface area (Å²) in [4.78, 5) is 0. The van der Waals surface area contributed by atoms with Crippen LogP contribution in [0.2, 0.25) is 25.2 Å². The smallest absolute Gasteiger partial charge is 0.317 e. The first-order valence-electron chi connectivity index (χ1n) is 8.90. The molecule has 0 aromatic heterocycles. The zero-order valence-corrected chi connectivity index (χ0v) is 17.6. The summed E-state index contributed by atoms with van der Waals surface area (Å²) in [5.74, 6) is 5.51. The van der Waals surface area contributed by atoms with Crippen molar-refractivity contribution >= 4 is 8.07 Å². The minimum absolute atomic E-state index is 0. The molecular formula is C21H46FeSi+2. The van der Waals surface area contributed by atoms with Gasteiger partial charge in [0.25, 0.3) is 0 Å². The van der Waals surface area contributed by atoms with Crippen molar-refractivity contribution in [1.29, 1.82) is 0 Å². The third-order valence-corrected chi connectivity index (χ3v) is 8.62. The normalized spacial score (nSPS) is 28.0. The van der Waals surface area contributed by atoms with Crippen LogP contribution in [0.1, 0.15) is 87.5 Å². The molecule has 2 rings (SSSR count). The zero-order valence-electron chi connectivity index (χ0n) is 15.5. The molecule has 0 N–H and O–H groups in total. The fraction of sp³-hybridized carbons (Fsp3) is 0.905. The molecule has 0 amide bonds. The molecule has 2 aliphatic carbocycles. The summed E-state index contributed by atoms with van der Waals surface area (Å²) in [6.45, 7) is 16.8. The standard InChI is InChI=1S/C10H19.C9H19Si.2CH4.Fe/c1-4-9-6-8(3)7-10(9)5-2;1-8-5-6-9(7-8)10(2,3)4;;;/h9-10H,4-7H2,1-3H3;9H,5-7H2,1-4H3;2*1H4;/q2*-1;;;+4. The number of hydrogen-bond acceptors (Lipinski definition) is 0. The van der Waals surface area contributed by atoms with Crippen LogP contribution < -0.4 is 0 Å². The molecule has 0 aliphatic heterocycles. The second-order valence-corrected chi connectivity index (χ2v) is 14.0. The van der Waals surface area contributed by atoms with Gasteiger partial charge in [0.05, 0.1) is 0 Å². The first kappa shape index (κ1) is 28.5. The minimum atomic E-state index is -0.787. The van der Waals surface area contributed by atoms with Crippen molar-refractivity contribution in [1.82, 2.24) is 0 Å². The predicted molar refractivity (Wildman–Crippen MR) is 109 cm³/mol. The Labute approximate surface area is 161 Å². The topological polar surface area (TPSA) is 0 Å². The monoisotopic (exact) mass is 382 g/mol. The third-order valence-electron chi connectivity index (χ3n) is 5.68. The molecule has 0 aromatic carbocycles. The Morgan fingerprint density at radius 2 is 1.26 bits per heavy atom. The van der Waals surface area contributed by atoms with Crippen molar-refractivity contribution in [3.8, 4) is 0 Å². The average molecular weight is 383 g/mol. The van der Waals surface area contributed by atoms with Gasteiger partial charge in [-0.1, -0.05) is 85.0 Å². The van der Waals surface area contributed by atoms with E-state index in [1.165, 1.54) is 44.9 Å². The molecular weight excluding hydrogens is 336 g/mol. The average Bonchev–Trinajstić information content (AvgIpc) is 2.95. The second kappa shape index (κ2) is 13.0. The molecule has 23 heavy (non-hydrogen) atoms. The van der Waals surface area contributed by atoms with Gasteiger partial charge in [0.1, 0.15) is 0 Å². The van der Waals surface area contributed by atoms with Gasteiger partial charge in [0.15, 0.2) is 0 Å².